The Balaban J connectivity index is 1.85. The number of carbonyl (C=O) groups excluding carboxylic acids is 2. The summed E-state index contributed by atoms with van der Waals surface area (Å²) in [5, 5.41) is 3.67. The summed E-state index contributed by atoms with van der Waals surface area (Å²) in [7, 11) is -2.68. The number of hydrogen-bond acceptors (Lipinski definition) is 5. The Bertz CT molecular complexity index is 1270. The van der Waals surface area contributed by atoms with Gasteiger partial charge in [0.15, 0.2) is 0 Å². The zero-order valence-corrected chi connectivity index (χ0v) is 15.5. The van der Waals surface area contributed by atoms with Crippen molar-refractivity contribution in [1.82, 2.24) is 0 Å². The van der Waals surface area contributed by atoms with E-state index >= 15 is 0 Å². The standard InChI is InChI=1S/C19H15N3O5S/c1-27-15-7-5-10(18(20)23)9-14(15)22-28(25,26)16-8-6-13-17-11(16)3-2-4-12(17)19(24)21-13/h2-9,22H,1H3,(H2,20,23)(H,21,24). The van der Waals surface area contributed by atoms with E-state index in [4.69, 9.17) is 10.5 Å². The predicted octanol–water partition coefficient (Wildman–Crippen LogP) is 2.31. The van der Waals surface area contributed by atoms with Gasteiger partial charge in [0, 0.05) is 27.6 Å². The van der Waals surface area contributed by atoms with Crippen LogP contribution in [-0.4, -0.2) is 27.3 Å². The van der Waals surface area contributed by atoms with Gasteiger partial charge in [-0.15, -0.1) is 0 Å². The Morgan fingerprint density at radius 1 is 1.14 bits per heavy atom. The highest BCUT2D eigenvalue weighted by Crippen LogP contribution is 2.37. The van der Waals surface area contributed by atoms with Crippen molar-refractivity contribution in [3.05, 3.63) is 59.7 Å². The number of nitrogens with two attached hydrogens (primary N) is 1. The van der Waals surface area contributed by atoms with E-state index in [1.165, 1.54) is 31.4 Å². The van der Waals surface area contributed by atoms with Crippen molar-refractivity contribution in [3.8, 4) is 5.75 Å². The van der Waals surface area contributed by atoms with Gasteiger partial charge in [-0.2, -0.15) is 0 Å². The van der Waals surface area contributed by atoms with E-state index in [0.717, 1.165) is 0 Å². The van der Waals surface area contributed by atoms with Crippen molar-refractivity contribution in [2.75, 3.05) is 17.1 Å². The van der Waals surface area contributed by atoms with Crippen molar-refractivity contribution in [3.63, 3.8) is 0 Å². The van der Waals surface area contributed by atoms with Crippen LogP contribution >= 0.6 is 0 Å². The molecule has 2 amide bonds. The Morgan fingerprint density at radius 3 is 2.64 bits per heavy atom. The van der Waals surface area contributed by atoms with Gasteiger partial charge < -0.3 is 15.8 Å². The average Bonchev–Trinajstić information content (AvgIpc) is 2.99. The number of amides is 2. The Labute approximate surface area is 160 Å². The summed E-state index contributed by atoms with van der Waals surface area (Å²) in [4.78, 5) is 23.5. The molecule has 0 radical (unpaired) electrons. The van der Waals surface area contributed by atoms with Crippen LogP contribution in [0.1, 0.15) is 20.7 Å². The lowest BCUT2D eigenvalue weighted by Crippen LogP contribution is -2.16. The Kier molecular flexibility index (Phi) is 3.97. The summed E-state index contributed by atoms with van der Waals surface area (Å²) < 4.78 is 33.8. The summed E-state index contributed by atoms with van der Waals surface area (Å²) >= 11 is 0. The predicted molar refractivity (Wildman–Crippen MR) is 104 cm³/mol. The minimum Gasteiger partial charge on any atom is -0.495 e. The molecule has 0 bridgehead atoms. The number of methoxy groups -OCH3 is 1. The number of anilines is 2. The molecule has 8 nitrogen and oxygen atoms in total. The van der Waals surface area contributed by atoms with E-state index in [1.54, 1.807) is 24.3 Å². The molecule has 0 unspecified atom stereocenters. The lowest BCUT2D eigenvalue weighted by Gasteiger charge is -2.14. The molecule has 3 aromatic carbocycles. The Morgan fingerprint density at radius 2 is 1.93 bits per heavy atom. The molecule has 0 saturated heterocycles. The minimum atomic E-state index is -4.06. The molecular formula is C19H15N3O5S. The first-order valence-electron chi connectivity index (χ1n) is 8.19. The highest BCUT2D eigenvalue weighted by molar-refractivity contribution is 7.93. The fraction of sp³-hybridized carbons (Fsp3) is 0.0526. The second-order valence-electron chi connectivity index (χ2n) is 6.18. The van der Waals surface area contributed by atoms with Crippen molar-refractivity contribution in [2.24, 2.45) is 5.73 Å². The fourth-order valence-electron chi connectivity index (χ4n) is 3.24. The van der Waals surface area contributed by atoms with E-state index in [2.05, 4.69) is 10.0 Å². The number of hydrogen-bond donors (Lipinski definition) is 3. The molecule has 1 aliphatic rings. The molecule has 28 heavy (non-hydrogen) atoms. The third-order valence-electron chi connectivity index (χ3n) is 4.51. The second-order valence-corrected chi connectivity index (χ2v) is 7.83. The first kappa shape index (κ1) is 17.8. The second kappa shape index (κ2) is 6.24. The van der Waals surface area contributed by atoms with E-state index in [1.807, 2.05) is 0 Å². The van der Waals surface area contributed by atoms with Crippen LogP contribution < -0.4 is 20.5 Å². The van der Waals surface area contributed by atoms with Gasteiger partial charge >= 0.3 is 0 Å². The number of ether oxygens (including phenoxy) is 1. The molecular weight excluding hydrogens is 382 g/mol. The maximum Gasteiger partial charge on any atom is 0.262 e. The fourth-order valence-corrected chi connectivity index (χ4v) is 4.50. The number of primary amides is 1. The highest BCUT2D eigenvalue weighted by Gasteiger charge is 2.27. The van der Waals surface area contributed by atoms with Crippen LogP contribution in [0.4, 0.5) is 11.4 Å². The third kappa shape index (κ3) is 2.72. The van der Waals surface area contributed by atoms with Gasteiger partial charge in [-0.3, -0.25) is 14.3 Å². The van der Waals surface area contributed by atoms with Crippen LogP contribution in [0, 0.1) is 0 Å². The zero-order valence-electron chi connectivity index (χ0n) is 14.6. The number of benzene rings is 3. The normalized spacial score (nSPS) is 12.7. The number of nitrogens with one attached hydrogen (secondary N) is 2. The molecule has 1 aliphatic heterocycles. The largest absolute Gasteiger partial charge is 0.495 e. The van der Waals surface area contributed by atoms with Crippen molar-refractivity contribution in [1.29, 1.82) is 0 Å². The van der Waals surface area contributed by atoms with Crippen molar-refractivity contribution < 1.29 is 22.7 Å². The molecule has 0 spiro atoms. The van der Waals surface area contributed by atoms with Crippen molar-refractivity contribution in [2.45, 2.75) is 4.90 Å². The molecule has 0 saturated carbocycles. The monoisotopic (exact) mass is 397 g/mol. The van der Waals surface area contributed by atoms with Gasteiger partial charge in [-0.1, -0.05) is 12.1 Å². The summed E-state index contributed by atoms with van der Waals surface area (Å²) in [5.74, 6) is -0.742. The lowest BCUT2D eigenvalue weighted by atomic mass is 10.1. The van der Waals surface area contributed by atoms with Gasteiger partial charge in [0.25, 0.3) is 15.9 Å². The molecule has 4 N–H and O–H groups in total. The zero-order chi connectivity index (χ0) is 20.1. The SMILES string of the molecule is COc1ccc(C(N)=O)cc1NS(=O)(=O)c1ccc2c3c(cccc13)C(=O)N2. The summed E-state index contributed by atoms with van der Waals surface area (Å²) in [5.41, 5.74) is 6.47. The summed E-state index contributed by atoms with van der Waals surface area (Å²) in [6, 6.07) is 12.1. The molecule has 0 atom stereocenters. The van der Waals surface area contributed by atoms with Crippen LogP contribution in [0.25, 0.3) is 10.8 Å². The Hall–Kier alpha value is -3.59. The maximum atomic E-state index is 13.1. The quantitative estimate of drug-likeness (QED) is 0.609. The van der Waals surface area contributed by atoms with Crippen LogP contribution in [0.15, 0.2) is 53.4 Å². The van der Waals surface area contributed by atoms with E-state index in [0.29, 0.717) is 22.0 Å². The van der Waals surface area contributed by atoms with Crippen LogP contribution in [0.3, 0.4) is 0 Å². The summed E-state index contributed by atoms with van der Waals surface area (Å²) in [6.07, 6.45) is 0. The number of carbonyl (C=O) groups is 2. The van der Waals surface area contributed by atoms with Gasteiger partial charge in [0.1, 0.15) is 5.75 Å². The molecule has 0 aromatic heterocycles. The van der Waals surface area contributed by atoms with Crippen LogP contribution in [0.5, 0.6) is 5.75 Å². The van der Waals surface area contributed by atoms with Gasteiger partial charge in [0.05, 0.1) is 17.7 Å². The van der Waals surface area contributed by atoms with Crippen LogP contribution in [0.2, 0.25) is 0 Å². The first-order valence-corrected chi connectivity index (χ1v) is 9.68. The number of sulfonamides is 1. The molecule has 0 fully saturated rings. The van der Waals surface area contributed by atoms with Gasteiger partial charge in [-0.05, 0) is 36.4 Å². The van der Waals surface area contributed by atoms with E-state index < -0.39 is 15.9 Å². The topological polar surface area (TPSA) is 128 Å². The molecule has 142 valence electrons. The smallest absolute Gasteiger partial charge is 0.262 e. The van der Waals surface area contributed by atoms with Gasteiger partial charge in [-0.25, -0.2) is 8.42 Å². The minimum absolute atomic E-state index is 0.00358. The third-order valence-corrected chi connectivity index (χ3v) is 5.93. The van der Waals surface area contributed by atoms with Crippen LogP contribution in [-0.2, 0) is 10.0 Å². The van der Waals surface area contributed by atoms with E-state index in [-0.39, 0.29) is 27.8 Å². The average molecular weight is 397 g/mol. The van der Waals surface area contributed by atoms with Crippen molar-refractivity contribution >= 4 is 44.0 Å². The highest BCUT2D eigenvalue weighted by atomic mass is 32.2. The summed E-state index contributed by atoms with van der Waals surface area (Å²) in [6.45, 7) is 0. The van der Waals surface area contributed by atoms with E-state index in [9.17, 15) is 18.0 Å². The number of rotatable bonds is 5. The first-order chi connectivity index (χ1) is 13.3. The molecule has 4 rings (SSSR count). The molecule has 3 aromatic rings. The lowest BCUT2D eigenvalue weighted by molar-refractivity contribution is 0.0998. The molecule has 1 heterocycles. The van der Waals surface area contributed by atoms with Gasteiger partial charge in [0.2, 0.25) is 5.91 Å². The molecule has 9 heteroatoms. The molecule has 0 aliphatic carbocycles. The maximum absolute atomic E-state index is 13.1.